The highest BCUT2D eigenvalue weighted by Crippen LogP contribution is 2.21. The molecule has 122 valence electrons. The van der Waals surface area contributed by atoms with E-state index in [1.54, 1.807) is 24.3 Å². The molecule has 1 aromatic heterocycles. The summed E-state index contributed by atoms with van der Waals surface area (Å²) >= 11 is 0. The zero-order valence-electron chi connectivity index (χ0n) is 12.5. The topological polar surface area (TPSA) is 52.3 Å². The Morgan fingerprint density at radius 1 is 1.08 bits per heavy atom. The first kappa shape index (κ1) is 15.9. The van der Waals surface area contributed by atoms with E-state index in [-0.39, 0.29) is 30.3 Å². The number of hydrogen-bond donors (Lipinski definition) is 0. The van der Waals surface area contributed by atoms with Gasteiger partial charge in [0.1, 0.15) is 11.6 Å². The Morgan fingerprint density at radius 2 is 1.83 bits per heavy atom. The van der Waals surface area contributed by atoms with Crippen LogP contribution in [-0.4, -0.2) is 11.0 Å². The van der Waals surface area contributed by atoms with E-state index >= 15 is 0 Å². The van der Waals surface area contributed by atoms with Crippen molar-refractivity contribution in [3.8, 4) is 11.3 Å². The molecule has 6 heteroatoms. The van der Waals surface area contributed by atoms with Gasteiger partial charge in [-0.25, -0.2) is 13.8 Å². The van der Waals surface area contributed by atoms with Gasteiger partial charge in [-0.15, -0.1) is 0 Å². The third kappa shape index (κ3) is 3.84. The second kappa shape index (κ2) is 7.04. The lowest BCUT2D eigenvalue weighted by atomic mass is 10.1. The van der Waals surface area contributed by atoms with Crippen molar-refractivity contribution in [1.29, 1.82) is 0 Å². The van der Waals surface area contributed by atoms with Crippen molar-refractivity contribution in [2.24, 2.45) is 0 Å². The van der Waals surface area contributed by atoms with Crippen LogP contribution in [0.2, 0.25) is 0 Å². The van der Waals surface area contributed by atoms with E-state index in [1.807, 2.05) is 0 Å². The average Bonchev–Trinajstić information content (AvgIpc) is 3.05. The summed E-state index contributed by atoms with van der Waals surface area (Å²) in [6, 6.07) is 11.7. The lowest BCUT2D eigenvalue weighted by Crippen LogP contribution is -2.09. The van der Waals surface area contributed by atoms with Gasteiger partial charge in [0.25, 0.3) is 0 Å². The van der Waals surface area contributed by atoms with Crippen LogP contribution in [0.3, 0.4) is 0 Å². The predicted molar refractivity (Wildman–Crippen MR) is 81.8 cm³/mol. The maximum atomic E-state index is 13.5. The van der Waals surface area contributed by atoms with Crippen LogP contribution >= 0.6 is 0 Å². The number of halogens is 2. The van der Waals surface area contributed by atoms with Crippen molar-refractivity contribution < 1.29 is 22.7 Å². The van der Waals surface area contributed by atoms with Gasteiger partial charge in [-0.2, -0.15) is 0 Å². The molecule has 0 aliphatic heterocycles. The molecule has 4 nitrogen and oxygen atoms in total. The molecule has 0 atom stereocenters. The molecule has 0 bridgehead atoms. The minimum absolute atomic E-state index is 0.158. The highest BCUT2D eigenvalue weighted by molar-refractivity contribution is 5.72. The number of benzene rings is 2. The Hall–Kier alpha value is -3.02. The van der Waals surface area contributed by atoms with Crippen molar-refractivity contribution in [1.82, 2.24) is 4.98 Å². The molecule has 0 amide bonds. The number of carbonyl (C=O) groups excluding carboxylic acids is 1. The van der Waals surface area contributed by atoms with Crippen molar-refractivity contribution in [2.45, 2.75) is 13.0 Å². The third-order valence-corrected chi connectivity index (χ3v) is 3.33. The van der Waals surface area contributed by atoms with Gasteiger partial charge in [-0.3, -0.25) is 4.79 Å². The van der Waals surface area contributed by atoms with Gasteiger partial charge in [-0.1, -0.05) is 18.2 Å². The first-order valence-corrected chi connectivity index (χ1v) is 7.21. The molecule has 3 rings (SSSR count). The van der Waals surface area contributed by atoms with Crippen LogP contribution in [0.25, 0.3) is 11.3 Å². The summed E-state index contributed by atoms with van der Waals surface area (Å²) in [5.74, 6) is -0.738. The molecule has 0 fully saturated rings. The number of ether oxygens (including phenoxy) is 1. The van der Waals surface area contributed by atoms with Crippen molar-refractivity contribution in [2.75, 3.05) is 0 Å². The second-order valence-electron chi connectivity index (χ2n) is 5.05. The summed E-state index contributed by atoms with van der Waals surface area (Å²) in [5.41, 5.74) is 0.926. The molecule has 1 heterocycles. The maximum Gasteiger partial charge on any atom is 0.310 e. The fourth-order valence-electron chi connectivity index (χ4n) is 2.12. The molecule has 0 saturated carbocycles. The predicted octanol–water partition coefficient (Wildman–Crippen LogP) is 3.91. The number of carbonyl (C=O) groups is 1. The van der Waals surface area contributed by atoms with E-state index in [0.29, 0.717) is 11.3 Å². The molecule has 24 heavy (non-hydrogen) atoms. The summed E-state index contributed by atoms with van der Waals surface area (Å²) in [7, 11) is 0. The van der Waals surface area contributed by atoms with Crippen LogP contribution in [0.15, 0.2) is 59.1 Å². The molecule has 0 saturated heterocycles. The maximum absolute atomic E-state index is 13.5. The van der Waals surface area contributed by atoms with Crippen molar-refractivity contribution >= 4 is 5.97 Å². The lowest BCUT2D eigenvalue weighted by molar-refractivity contribution is -0.144. The summed E-state index contributed by atoms with van der Waals surface area (Å²) in [6.07, 6.45) is 1.30. The fourth-order valence-corrected chi connectivity index (χ4v) is 2.12. The fraction of sp³-hybridized carbons (Fsp3) is 0.111. The summed E-state index contributed by atoms with van der Waals surface area (Å²) in [4.78, 5) is 15.8. The van der Waals surface area contributed by atoms with Gasteiger partial charge >= 0.3 is 5.97 Å². The van der Waals surface area contributed by atoms with Crippen LogP contribution in [0, 0.1) is 11.6 Å². The molecule has 2 aromatic carbocycles. The molecule has 0 unspecified atom stereocenters. The molecular formula is C18H13F2NO3. The van der Waals surface area contributed by atoms with Gasteiger partial charge in [0.2, 0.25) is 5.89 Å². The third-order valence-electron chi connectivity index (χ3n) is 3.33. The van der Waals surface area contributed by atoms with E-state index in [9.17, 15) is 13.6 Å². The first-order chi connectivity index (χ1) is 11.6. The molecule has 0 aliphatic rings. The highest BCUT2D eigenvalue weighted by atomic mass is 19.1. The van der Waals surface area contributed by atoms with Crippen LogP contribution in [-0.2, 0) is 22.6 Å². The molecular weight excluding hydrogens is 316 g/mol. The zero-order valence-corrected chi connectivity index (χ0v) is 12.5. The van der Waals surface area contributed by atoms with Crippen LogP contribution in [0.5, 0.6) is 0 Å². The number of rotatable bonds is 5. The lowest BCUT2D eigenvalue weighted by Gasteiger charge is -2.03. The first-order valence-electron chi connectivity index (χ1n) is 7.21. The number of nitrogens with zero attached hydrogens (tertiary/aromatic N) is 1. The minimum atomic E-state index is -0.582. The number of hydrogen-bond acceptors (Lipinski definition) is 4. The van der Waals surface area contributed by atoms with E-state index < -0.39 is 11.8 Å². The quantitative estimate of drug-likeness (QED) is 0.666. The monoisotopic (exact) mass is 329 g/mol. The number of aromatic nitrogens is 1. The van der Waals surface area contributed by atoms with Crippen LogP contribution in [0.1, 0.15) is 11.5 Å². The van der Waals surface area contributed by atoms with Gasteiger partial charge in [-0.05, 0) is 35.9 Å². The highest BCUT2D eigenvalue weighted by Gasteiger charge is 2.12. The Balaban J connectivity index is 1.58. The molecule has 0 aliphatic carbocycles. The number of oxazole rings is 1. The van der Waals surface area contributed by atoms with E-state index in [2.05, 4.69) is 4.98 Å². The minimum Gasteiger partial charge on any atom is -0.455 e. The molecule has 0 radical (unpaired) electrons. The Bertz CT molecular complexity index is 843. The van der Waals surface area contributed by atoms with Gasteiger partial charge in [0.05, 0.1) is 12.6 Å². The molecule has 3 aromatic rings. The number of esters is 1. The van der Waals surface area contributed by atoms with E-state index in [1.165, 1.54) is 30.5 Å². The molecule has 0 N–H and O–H groups in total. The SMILES string of the molecule is O=C(Cc1ccccc1F)OCc1ncc(-c2ccc(F)cc2)o1. The summed E-state index contributed by atoms with van der Waals surface area (Å²) < 4.78 is 36.8. The zero-order chi connectivity index (χ0) is 16.9. The van der Waals surface area contributed by atoms with E-state index in [0.717, 1.165) is 0 Å². The standard InChI is InChI=1S/C18H13F2NO3/c19-14-7-5-12(6-8-14)16-10-21-17(24-16)11-23-18(22)9-13-3-1-2-4-15(13)20/h1-8,10H,9,11H2. The average molecular weight is 329 g/mol. The second-order valence-corrected chi connectivity index (χ2v) is 5.05. The van der Waals surface area contributed by atoms with Crippen LogP contribution < -0.4 is 0 Å². The Labute approximate surface area is 136 Å². The normalized spacial score (nSPS) is 10.6. The van der Waals surface area contributed by atoms with Gasteiger partial charge in [0.15, 0.2) is 12.4 Å². The van der Waals surface area contributed by atoms with E-state index in [4.69, 9.17) is 9.15 Å². The van der Waals surface area contributed by atoms with Crippen molar-refractivity contribution in [3.05, 3.63) is 77.8 Å². The summed E-state index contributed by atoms with van der Waals surface area (Å²) in [6.45, 7) is -0.158. The smallest absolute Gasteiger partial charge is 0.310 e. The van der Waals surface area contributed by atoms with Crippen molar-refractivity contribution in [3.63, 3.8) is 0 Å². The molecule has 0 spiro atoms. The van der Waals surface area contributed by atoms with Crippen LogP contribution in [0.4, 0.5) is 8.78 Å². The Morgan fingerprint density at radius 3 is 2.58 bits per heavy atom. The largest absolute Gasteiger partial charge is 0.455 e. The van der Waals surface area contributed by atoms with Gasteiger partial charge < -0.3 is 9.15 Å². The Kier molecular flexibility index (Phi) is 4.65. The summed E-state index contributed by atoms with van der Waals surface area (Å²) in [5, 5.41) is 0. The van der Waals surface area contributed by atoms with Gasteiger partial charge in [0, 0.05) is 5.56 Å².